The summed E-state index contributed by atoms with van der Waals surface area (Å²) < 4.78 is 5.37. The molecule has 1 amide bonds. The van der Waals surface area contributed by atoms with Gasteiger partial charge in [-0.25, -0.2) is 4.79 Å². The molecule has 1 aliphatic carbocycles. The molecule has 0 fully saturated rings. The van der Waals surface area contributed by atoms with Gasteiger partial charge in [0, 0.05) is 13.0 Å². The molecule has 0 saturated heterocycles. The van der Waals surface area contributed by atoms with Crippen LogP contribution in [0.15, 0.2) is 108 Å². The first-order valence-corrected chi connectivity index (χ1v) is 12.8. The van der Waals surface area contributed by atoms with Gasteiger partial charge < -0.3 is 15.4 Å². The van der Waals surface area contributed by atoms with Gasteiger partial charge in [0.05, 0.1) is 6.04 Å². The number of ether oxygens (including phenoxy) is 1. The Hall–Kier alpha value is -4.30. The summed E-state index contributed by atoms with van der Waals surface area (Å²) in [5, 5.41) is 0. The fourth-order valence-corrected chi connectivity index (χ4v) is 4.24. The minimum absolute atomic E-state index is 0.0924. The lowest BCUT2D eigenvalue weighted by Crippen LogP contribution is -2.45. The van der Waals surface area contributed by atoms with Gasteiger partial charge in [0.2, 0.25) is 5.96 Å². The fraction of sp³-hybridized carbons (Fsp3) is 0.250. The second-order valence-electron chi connectivity index (χ2n) is 9.07. The summed E-state index contributed by atoms with van der Waals surface area (Å²) in [6.07, 6.45) is 6.59. The summed E-state index contributed by atoms with van der Waals surface area (Å²) in [7, 11) is 0. The van der Waals surface area contributed by atoms with Crippen LogP contribution in [0.2, 0.25) is 0 Å². The predicted molar refractivity (Wildman–Crippen MR) is 148 cm³/mol. The average molecular weight is 492 g/mol. The lowest BCUT2D eigenvalue weighted by molar-refractivity contribution is 0.150. The van der Waals surface area contributed by atoms with Crippen molar-refractivity contribution in [1.29, 1.82) is 0 Å². The number of allylic oxidation sites excluding steroid dienone is 2. The van der Waals surface area contributed by atoms with Gasteiger partial charge in [0.25, 0.3) is 0 Å². The van der Waals surface area contributed by atoms with Crippen molar-refractivity contribution in [2.24, 2.45) is 10.7 Å². The summed E-state index contributed by atoms with van der Waals surface area (Å²) in [4.78, 5) is 18.6. The Morgan fingerprint density at radius 3 is 2.14 bits per heavy atom. The number of nitrogens with zero attached hydrogens (tertiary/aromatic N) is 2. The van der Waals surface area contributed by atoms with Crippen LogP contribution in [-0.2, 0) is 24.3 Å². The minimum atomic E-state index is -0.721. The number of benzene rings is 3. The summed E-state index contributed by atoms with van der Waals surface area (Å²) in [5.41, 5.74) is 10.7. The van der Waals surface area contributed by atoms with Gasteiger partial charge in [-0.2, -0.15) is 0 Å². The molecule has 0 spiro atoms. The van der Waals surface area contributed by atoms with Gasteiger partial charge >= 0.3 is 6.09 Å². The fourth-order valence-electron chi connectivity index (χ4n) is 4.24. The molecule has 2 N–H and O–H groups in total. The van der Waals surface area contributed by atoms with Gasteiger partial charge in [0.15, 0.2) is 0 Å². The molecule has 0 radical (unpaired) electrons. The maximum absolute atomic E-state index is 12.6. The molecule has 188 valence electrons. The number of nitrogens with two attached hydrogens (primary N) is 1. The highest BCUT2D eigenvalue weighted by Gasteiger charge is 2.21. The third kappa shape index (κ3) is 8.40. The maximum Gasteiger partial charge on any atom is 0.437 e. The second-order valence-corrected chi connectivity index (χ2v) is 9.07. The number of hydrogen-bond donors (Lipinski definition) is 1. The van der Waals surface area contributed by atoms with E-state index in [0.29, 0.717) is 13.0 Å². The molecule has 0 bridgehead atoms. The van der Waals surface area contributed by atoms with E-state index in [2.05, 4.69) is 35.0 Å². The molecular weight excluding hydrogens is 458 g/mol. The van der Waals surface area contributed by atoms with Crippen LogP contribution in [0.4, 0.5) is 4.79 Å². The van der Waals surface area contributed by atoms with Crippen LogP contribution in [0, 0.1) is 11.8 Å². The van der Waals surface area contributed by atoms with E-state index in [4.69, 9.17) is 10.5 Å². The van der Waals surface area contributed by atoms with Gasteiger partial charge in [-0.3, -0.25) is 0 Å². The molecule has 5 heteroatoms. The van der Waals surface area contributed by atoms with Crippen molar-refractivity contribution in [2.75, 3.05) is 0 Å². The van der Waals surface area contributed by atoms with Crippen LogP contribution in [0.5, 0.6) is 0 Å². The monoisotopic (exact) mass is 491 g/mol. The number of rotatable bonds is 7. The van der Waals surface area contributed by atoms with Crippen LogP contribution < -0.4 is 5.73 Å². The van der Waals surface area contributed by atoms with Crippen LogP contribution in [0.3, 0.4) is 0 Å². The van der Waals surface area contributed by atoms with Crippen molar-refractivity contribution in [3.8, 4) is 11.8 Å². The smallest absolute Gasteiger partial charge is 0.437 e. The molecule has 1 unspecified atom stereocenters. The highest BCUT2D eigenvalue weighted by atomic mass is 16.5. The maximum atomic E-state index is 12.6. The molecule has 4 rings (SSSR count). The normalized spacial score (nSPS) is 14.1. The van der Waals surface area contributed by atoms with Crippen LogP contribution in [-0.4, -0.2) is 23.0 Å². The van der Waals surface area contributed by atoms with E-state index < -0.39 is 6.09 Å². The first-order chi connectivity index (χ1) is 18.2. The molecule has 3 aromatic rings. The summed E-state index contributed by atoms with van der Waals surface area (Å²) >= 11 is 0. The van der Waals surface area contributed by atoms with Crippen molar-refractivity contribution in [3.63, 3.8) is 0 Å². The van der Waals surface area contributed by atoms with Crippen molar-refractivity contribution < 1.29 is 9.53 Å². The van der Waals surface area contributed by atoms with E-state index in [0.717, 1.165) is 36.0 Å². The van der Waals surface area contributed by atoms with Crippen molar-refractivity contribution in [3.05, 3.63) is 119 Å². The predicted octanol–water partition coefficient (Wildman–Crippen LogP) is 6.26. The summed E-state index contributed by atoms with van der Waals surface area (Å²) in [6, 6.07) is 29.4. The molecule has 37 heavy (non-hydrogen) atoms. The number of amides is 1. The van der Waals surface area contributed by atoms with E-state index in [1.807, 2.05) is 83.8 Å². The average Bonchev–Trinajstić information content (AvgIpc) is 2.95. The third-order valence-electron chi connectivity index (χ3n) is 6.24. The third-order valence-corrected chi connectivity index (χ3v) is 6.24. The molecule has 0 saturated carbocycles. The standard InChI is InChI=1S/C32H33N3O2/c33-31(34-32(36)37-25-29-19-11-4-12-20-29)35(24-28-17-9-3-10-18-28)30(23-27-15-7-2-8-16-27)22-21-26-13-5-1-6-14-26/h2-4,7-13,15-20,30H,1,5-6,14,23-25H2,(H2,33,34,36). The zero-order valence-corrected chi connectivity index (χ0v) is 21.1. The summed E-state index contributed by atoms with van der Waals surface area (Å²) in [5.74, 6) is 6.96. The number of guanidine groups is 1. The molecule has 0 heterocycles. The van der Waals surface area contributed by atoms with E-state index >= 15 is 0 Å². The van der Waals surface area contributed by atoms with Crippen molar-refractivity contribution in [2.45, 2.75) is 51.3 Å². The Balaban J connectivity index is 1.61. The molecule has 3 aromatic carbocycles. The molecule has 0 aliphatic heterocycles. The first-order valence-electron chi connectivity index (χ1n) is 12.8. The van der Waals surface area contributed by atoms with Crippen molar-refractivity contribution >= 4 is 12.1 Å². The van der Waals surface area contributed by atoms with Crippen LogP contribution >= 0.6 is 0 Å². The van der Waals surface area contributed by atoms with E-state index in [1.165, 1.54) is 12.0 Å². The van der Waals surface area contributed by atoms with Gasteiger partial charge in [-0.05, 0) is 47.9 Å². The number of carbonyl (C=O) groups excluding carboxylic acids is 1. The largest absolute Gasteiger partial charge is 0.443 e. The zero-order chi connectivity index (χ0) is 25.7. The lowest BCUT2D eigenvalue weighted by Gasteiger charge is -2.29. The molecular formula is C32H33N3O2. The van der Waals surface area contributed by atoms with E-state index in [9.17, 15) is 4.79 Å². The van der Waals surface area contributed by atoms with Gasteiger partial charge in [-0.1, -0.05) is 109 Å². The van der Waals surface area contributed by atoms with Crippen LogP contribution in [0.1, 0.15) is 42.4 Å². The number of hydrogen-bond acceptors (Lipinski definition) is 2. The van der Waals surface area contributed by atoms with Crippen LogP contribution in [0.25, 0.3) is 0 Å². The first kappa shape index (κ1) is 25.8. The topological polar surface area (TPSA) is 67.9 Å². The minimum Gasteiger partial charge on any atom is -0.443 e. The molecule has 1 aliphatic rings. The molecule has 0 aromatic heterocycles. The van der Waals surface area contributed by atoms with E-state index in [1.54, 1.807) is 0 Å². The molecule has 1 atom stereocenters. The van der Waals surface area contributed by atoms with Gasteiger partial charge in [0.1, 0.15) is 6.61 Å². The highest BCUT2D eigenvalue weighted by molar-refractivity contribution is 5.89. The Kier molecular flexibility index (Phi) is 9.55. The summed E-state index contributed by atoms with van der Waals surface area (Å²) in [6.45, 7) is 0.601. The quantitative estimate of drug-likeness (QED) is 0.241. The number of aliphatic imine (C=N–C) groups is 1. The second kappa shape index (κ2) is 13.7. The zero-order valence-electron chi connectivity index (χ0n) is 21.1. The van der Waals surface area contributed by atoms with E-state index in [-0.39, 0.29) is 18.6 Å². The SMILES string of the molecule is N/C(=N\C(=O)OCc1ccccc1)N(Cc1ccccc1)C(C#CC1=CCCCC1)Cc1ccccc1. The Labute approximate surface area is 219 Å². The lowest BCUT2D eigenvalue weighted by atomic mass is 9.98. The highest BCUT2D eigenvalue weighted by Crippen LogP contribution is 2.18. The number of carbonyl (C=O) groups is 1. The van der Waals surface area contributed by atoms with Gasteiger partial charge in [-0.15, -0.1) is 4.99 Å². The Bertz CT molecular complexity index is 1260. The molecule has 5 nitrogen and oxygen atoms in total. The van der Waals surface area contributed by atoms with Crippen molar-refractivity contribution in [1.82, 2.24) is 4.90 Å². The Morgan fingerprint density at radius 1 is 0.892 bits per heavy atom. The Morgan fingerprint density at radius 2 is 1.51 bits per heavy atom.